The summed E-state index contributed by atoms with van der Waals surface area (Å²) in [5.41, 5.74) is 2.15. The average molecular weight is 269 g/mol. The third-order valence-electron chi connectivity index (χ3n) is 3.08. The van der Waals surface area contributed by atoms with Gasteiger partial charge in [0.2, 0.25) is 0 Å². The molecule has 0 saturated carbocycles. The zero-order valence-corrected chi connectivity index (χ0v) is 11.1. The van der Waals surface area contributed by atoms with Crippen molar-refractivity contribution in [3.05, 3.63) is 54.1 Å². The van der Waals surface area contributed by atoms with Crippen LogP contribution >= 0.6 is 0 Å². The van der Waals surface area contributed by atoms with Crippen LogP contribution in [0.1, 0.15) is 24.4 Å². The number of aromatic amines is 1. The highest BCUT2D eigenvalue weighted by Crippen LogP contribution is 2.14. The predicted molar refractivity (Wildman–Crippen MR) is 73.0 cm³/mol. The van der Waals surface area contributed by atoms with Crippen LogP contribution in [0.25, 0.3) is 5.69 Å². The van der Waals surface area contributed by atoms with Crippen LogP contribution in [0.3, 0.4) is 0 Å². The lowest BCUT2D eigenvalue weighted by molar-refractivity contribution is 0.559. The summed E-state index contributed by atoms with van der Waals surface area (Å²) in [5, 5.41) is 21.5. The number of tetrazole rings is 1. The summed E-state index contributed by atoms with van der Waals surface area (Å²) >= 11 is 0. The second-order valence-electron chi connectivity index (χ2n) is 4.48. The largest absolute Gasteiger partial charge is 0.303 e. The van der Waals surface area contributed by atoms with Crippen LogP contribution < -0.4 is 5.32 Å². The van der Waals surface area contributed by atoms with Crippen molar-refractivity contribution in [1.29, 1.82) is 0 Å². The Morgan fingerprint density at radius 3 is 2.90 bits per heavy atom. The van der Waals surface area contributed by atoms with Gasteiger partial charge in [0.15, 0.2) is 5.82 Å². The summed E-state index contributed by atoms with van der Waals surface area (Å²) in [6.45, 7) is 2.64. The molecule has 3 rings (SSSR count). The number of nitrogens with zero attached hydrogens (tertiary/aromatic N) is 5. The number of hydrogen-bond acceptors (Lipinski definition) is 5. The Morgan fingerprint density at radius 1 is 1.30 bits per heavy atom. The van der Waals surface area contributed by atoms with Gasteiger partial charge in [-0.2, -0.15) is 10.3 Å². The quantitative estimate of drug-likeness (QED) is 0.728. The number of aromatic nitrogens is 6. The van der Waals surface area contributed by atoms with E-state index >= 15 is 0 Å². The van der Waals surface area contributed by atoms with Crippen molar-refractivity contribution in [2.45, 2.75) is 19.5 Å². The predicted octanol–water partition coefficient (Wildman–Crippen LogP) is 1.24. The van der Waals surface area contributed by atoms with Crippen LogP contribution in [0.5, 0.6) is 0 Å². The molecule has 1 unspecified atom stereocenters. The summed E-state index contributed by atoms with van der Waals surface area (Å²) < 4.78 is 1.86. The van der Waals surface area contributed by atoms with Crippen LogP contribution in [-0.2, 0) is 6.54 Å². The van der Waals surface area contributed by atoms with Crippen molar-refractivity contribution in [3.63, 3.8) is 0 Å². The first-order valence-corrected chi connectivity index (χ1v) is 6.38. The fourth-order valence-electron chi connectivity index (χ4n) is 1.90. The Morgan fingerprint density at radius 2 is 2.15 bits per heavy atom. The minimum Gasteiger partial charge on any atom is -0.303 e. The molecule has 7 nitrogen and oxygen atoms in total. The fourth-order valence-corrected chi connectivity index (χ4v) is 1.90. The molecule has 1 aromatic carbocycles. The van der Waals surface area contributed by atoms with Gasteiger partial charge in [0.05, 0.1) is 18.4 Å². The van der Waals surface area contributed by atoms with Gasteiger partial charge in [-0.15, -0.1) is 10.2 Å². The summed E-state index contributed by atoms with van der Waals surface area (Å²) in [6, 6.07) is 10.2. The Labute approximate surface area is 116 Å². The van der Waals surface area contributed by atoms with Crippen LogP contribution in [-0.4, -0.2) is 30.4 Å². The maximum Gasteiger partial charge on any atom is 0.188 e. The van der Waals surface area contributed by atoms with Gasteiger partial charge in [-0.1, -0.05) is 23.4 Å². The molecule has 20 heavy (non-hydrogen) atoms. The van der Waals surface area contributed by atoms with Crippen LogP contribution in [0.15, 0.2) is 42.7 Å². The molecule has 3 aromatic rings. The van der Waals surface area contributed by atoms with E-state index in [0.717, 1.165) is 11.3 Å². The molecule has 2 aromatic heterocycles. The maximum atomic E-state index is 4.38. The molecule has 0 bridgehead atoms. The second-order valence-corrected chi connectivity index (χ2v) is 4.48. The van der Waals surface area contributed by atoms with Crippen molar-refractivity contribution in [3.8, 4) is 5.69 Å². The zero-order chi connectivity index (χ0) is 13.8. The van der Waals surface area contributed by atoms with Crippen molar-refractivity contribution in [2.75, 3.05) is 0 Å². The molecule has 0 radical (unpaired) electrons. The van der Waals surface area contributed by atoms with Crippen LogP contribution in [0.2, 0.25) is 0 Å². The zero-order valence-electron chi connectivity index (χ0n) is 11.1. The lowest BCUT2D eigenvalue weighted by Crippen LogP contribution is -2.18. The number of para-hydroxylation sites is 1. The number of H-pyrrole nitrogens is 1. The van der Waals surface area contributed by atoms with Crippen molar-refractivity contribution >= 4 is 0 Å². The molecule has 0 fully saturated rings. The molecule has 0 aliphatic carbocycles. The van der Waals surface area contributed by atoms with Crippen LogP contribution in [0.4, 0.5) is 0 Å². The minimum absolute atomic E-state index is 0.158. The molecule has 2 N–H and O–H groups in total. The van der Waals surface area contributed by atoms with E-state index in [2.05, 4.69) is 38.0 Å². The molecule has 0 spiro atoms. The van der Waals surface area contributed by atoms with Gasteiger partial charge in [-0.3, -0.25) is 0 Å². The molecular formula is C13H15N7. The lowest BCUT2D eigenvalue weighted by Gasteiger charge is -2.09. The summed E-state index contributed by atoms with van der Waals surface area (Å²) in [7, 11) is 0. The lowest BCUT2D eigenvalue weighted by atomic mass is 10.2. The fraction of sp³-hybridized carbons (Fsp3) is 0.231. The van der Waals surface area contributed by atoms with E-state index in [0.29, 0.717) is 12.4 Å². The van der Waals surface area contributed by atoms with Gasteiger partial charge in [-0.25, -0.2) is 4.68 Å². The molecule has 7 heteroatoms. The van der Waals surface area contributed by atoms with Gasteiger partial charge in [0.1, 0.15) is 0 Å². The Kier molecular flexibility index (Phi) is 3.51. The highest BCUT2D eigenvalue weighted by molar-refractivity contribution is 5.31. The highest BCUT2D eigenvalue weighted by atomic mass is 15.5. The monoisotopic (exact) mass is 269 g/mol. The molecule has 102 valence electrons. The SMILES string of the molecule is CC(NCc1nn[nH]n1)c1cnn(-c2ccccc2)c1. The molecule has 0 aliphatic rings. The van der Waals surface area contributed by atoms with E-state index in [9.17, 15) is 0 Å². The van der Waals surface area contributed by atoms with Gasteiger partial charge >= 0.3 is 0 Å². The van der Waals surface area contributed by atoms with Gasteiger partial charge in [-0.05, 0) is 19.1 Å². The van der Waals surface area contributed by atoms with Gasteiger partial charge in [0.25, 0.3) is 0 Å². The first kappa shape index (κ1) is 12.5. The smallest absolute Gasteiger partial charge is 0.188 e. The molecule has 1 atom stereocenters. The number of rotatable bonds is 5. The first-order valence-electron chi connectivity index (χ1n) is 6.38. The Hall–Kier alpha value is -2.54. The van der Waals surface area contributed by atoms with E-state index < -0.39 is 0 Å². The van der Waals surface area contributed by atoms with Gasteiger partial charge < -0.3 is 5.32 Å². The maximum absolute atomic E-state index is 4.38. The number of nitrogens with one attached hydrogen (secondary N) is 2. The molecule has 0 aliphatic heterocycles. The normalized spacial score (nSPS) is 12.4. The van der Waals surface area contributed by atoms with Gasteiger partial charge in [0, 0.05) is 17.8 Å². The highest BCUT2D eigenvalue weighted by Gasteiger charge is 2.09. The molecule has 0 saturated heterocycles. The summed E-state index contributed by atoms with van der Waals surface area (Å²) in [5.74, 6) is 0.646. The molecule has 0 amide bonds. The summed E-state index contributed by atoms with van der Waals surface area (Å²) in [6.07, 6.45) is 3.88. The molecule has 2 heterocycles. The minimum atomic E-state index is 0.158. The van der Waals surface area contributed by atoms with Crippen molar-refractivity contribution < 1.29 is 0 Å². The van der Waals surface area contributed by atoms with E-state index in [1.165, 1.54) is 0 Å². The van der Waals surface area contributed by atoms with E-state index in [1.807, 2.05) is 47.4 Å². The van der Waals surface area contributed by atoms with E-state index in [4.69, 9.17) is 0 Å². The first-order chi connectivity index (χ1) is 9.83. The van der Waals surface area contributed by atoms with Crippen molar-refractivity contribution in [2.24, 2.45) is 0 Å². The average Bonchev–Trinajstić information content (AvgIpc) is 3.17. The third kappa shape index (κ3) is 2.72. The Bertz CT molecular complexity index is 644. The summed E-state index contributed by atoms with van der Waals surface area (Å²) in [4.78, 5) is 0. The third-order valence-corrected chi connectivity index (χ3v) is 3.08. The number of benzene rings is 1. The Balaban J connectivity index is 1.67. The van der Waals surface area contributed by atoms with E-state index in [-0.39, 0.29) is 6.04 Å². The van der Waals surface area contributed by atoms with Crippen molar-refractivity contribution in [1.82, 2.24) is 35.7 Å². The standard InChI is InChI=1S/C13H15N7/c1-10(14-8-13-16-18-19-17-13)11-7-15-20(9-11)12-5-3-2-4-6-12/h2-7,9-10,14H,8H2,1H3,(H,16,17,18,19). The molecular weight excluding hydrogens is 254 g/mol. The van der Waals surface area contributed by atoms with Crippen LogP contribution in [0, 0.1) is 0 Å². The number of hydrogen-bond donors (Lipinski definition) is 2. The second kappa shape index (κ2) is 5.62. The topological polar surface area (TPSA) is 84.3 Å². The van der Waals surface area contributed by atoms with E-state index in [1.54, 1.807) is 0 Å².